The van der Waals surface area contributed by atoms with Crippen molar-refractivity contribution >= 4 is 14.1 Å². The molecule has 1 aliphatic heterocycles. The van der Waals surface area contributed by atoms with Gasteiger partial charge in [-0.15, -0.1) is 0 Å². The molecule has 7 heteroatoms. The van der Waals surface area contributed by atoms with Gasteiger partial charge in [0.1, 0.15) is 7.85 Å². The van der Waals surface area contributed by atoms with E-state index < -0.39 is 11.2 Å². The fourth-order valence-corrected chi connectivity index (χ4v) is 1.24. The Labute approximate surface area is 135 Å². The van der Waals surface area contributed by atoms with Crippen molar-refractivity contribution in [2.45, 2.75) is 38.9 Å². The molecule has 0 spiro atoms. The number of nitrogens with zero attached hydrogens (tertiary/aromatic N) is 2. The van der Waals surface area contributed by atoms with E-state index in [9.17, 15) is 0 Å². The van der Waals surface area contributed by atoms with Gasteiger partial charge in [0, 0.05) is 25.8 Å². The second-order valence-electron chi connectivity index (χ2n) is 6.27. The van der Waals surface area contributed by atoms with Crippen LogP contribution in [-0.4, -0.2) is 79.8 Å². The number of rotatable bonds is 5. The van der Waals surface area contributed by atoms with Crippen molar-refractivity contribution in [1.82, 2.24) is 4.90 Å². The van der Waals surface area contributed by atoms with E-state index in [1.807, 2.05) is 0 Å². The summed E-state index contributed by atoms with van der Waals surface area (Å²) in [6.45, 7) is 11.7. The van der Waals surface area contributed by atoms with E-state index in [4.69, 9.17) is 28.5 Å². The second kappa shape index (κ2) is 10.00. The van der Waals surface area contributed by atoms with E-state index in [0.717, 1.165) is 39.4 Å². The first-order chi connectivity index (χ1) is 10.1. The van der Waals surface area contributed by atoms with Crippen LogP contribution in [-0.2, 0) is 4.74 Å². The molecule has 0 saturated carbocycles. The molecule has 0 aromatic heterocycles. The Kier molecular flexibility index (Phi) is 9.59. The van der Waals surface area contributed by atoms with Gasteiger partial charge < -0.3 is 20.7 Å². The van der Waals surface area contributed by atoms with Gasteiger partial charge in [-0.25, -0.2) is 0 Å². The van der Waals surface area contributed by atoms with Crippen molar-refractivity contribution in [3.05, 3.63) is 11.7 Å². The van der Waals surface area contributed by atoms with Crippen molar-refractivity contribution < 1.29 is 14.9 Å². The van der Waals surface area contributed by atoms with Crippen LogP contribution in [0.4, 0.5) is 0 Å². The summed E-state index contributed by atoms with van der Waals surface area (Å²) in [5.41, 5.74) is 3.68. The highest BCUT2D eigenvalue weighted by molar-refractivity contribution is 6.32. The Bertz CT molecular complexity index is 342. The van der Waals surface area contributed by atoms with Crippen LogP contribution in [0, 0.1) is 0 Å². The van der Waals surface area contributed by atoms with Gasteiger partial charge in [-0.2, -0.15) is 0 Å². The van der Waals surface area contributed by atoms with Crippen LogP contribution in [0.3, 0.4) is 0 Å². The summed E-state index contributed by atoms with van der Waals surface area (Å²) in [6.07, 6.45) is 2.94. The third-order valence-corrected chi connectivity index (χ3v) is 3.58. The predicted octanol–water partition coefficient (Wildman–Crippen LogP) is -0.114. The second-order valence-corrected chi connectivity index (χ2v) is 6.27. The van der Waals surface area contributed by atoms with Crippen molar-refractivity contribution in [2.75, 3.05) is 39.4 Å². The molecule has 0 bridgehead atoms. The minimum absolute atomic E-state index is 0.506. The zero-order valence-electron chi connectivity index (χ0n) is 14.2. The van der Waals surface area contributed by atoms with Crippen molar-refractivity contribution in [3.63, 3.8) is 0 Å². The quantitative estimate of drug-likeness (QED) is 0.487. The average Bonchev–Trinajstić information content (AvgIpc) is 2.43. The van der Waals surface area contributed by atoms with E-state index in [1.54, 1.807) is 33.9 Å². The van der Waals surface area contributed by atoms with Gasteiger partial charge in [0.05, 0.1) is 31.0 Å². The van der Waals surface area contributed by atoms with Crippen molar-refractivity contribution in [1.29, 1.82) is 0 Å². The molecule has 0 atom stereocenters. The number of aliphatic hydroxyl groups is 2. The molecule has 0 unspecified atom stereocenters. The maximum atomic E-state index is 9.10. The van der Waals surface area contributed by atoms with Crippen LogP contribution in [0.5, 0.6) is 0 Å². The Morgan fingerprint density at radius 3 is 2.14 bits per heavy atom. The molecular weight excluding hydrogens is 281 g/mol. The molecule has 0 aromatic rings. The van der Waals surface area contributed by atoms with E-state index >= 15 is 0 Å². The molecule has 0 aliphatic carbocycles. The Morgan fingerprint density at radius 2 is 1.73 bits per heavy atom. The van der Waals surface area contributed by atoms with Crippen LogP contribution < -0.4 is 5.73 Å². The largest absolute Gasteiger partial charge is 0.405 e. The van der Waals surface area contributed by atoms with Gasteiger partial charge in [0.2, 0.25) is 0 Å². The van der Waals surface area contributed by atoms with Gasteiger partial charge in [-0.1, -0.05) is 5.47 Å². The summed E-state index contributed by atoms with van der Waals surface area (Å²) in [5, 5.41) is 18.2. The van der Waals surface area contributed by atoms with E-state index in [1.165, 1.54) is 6.20 Å². The topological polar surface area (TPSA) is 91.3 Å². The number of hydrogen-bond donors (Lipinski definition) is 3. The van der Waals surface area contributed by atoms with Gasteiger partial charge in [-0.3, -0.25) is 9.89 Å². The Morgan fingerprint density at radius 1 is 1.23 bits per heavy atom. The van der Waals surface area contributed by atoms with Gasteiger partial charge in [0.15, 0.2) is 0 Å². The molecule has 1 heterocycles. The fraction of sp³-hybridized carbons (Fsp3) is 0.800. The molecule has 4 N–H and O–H groups in total. The molecule has 0 amide bonds. The summed E-state index contributed by atoms with van der Waals surface area (Å²) in [5.74, 6) is 0. The van der Waals surface area contributed by atoms with E-state index in [-0.39, 0.29) is 0 Å². The lowest BCUT2D eigenvalue weighted by Crippen LogP contribution is -2.44. The highest BCUT2D eigenvalue weighted by Crippen LogP contribution is 2.19. The number of hydrogen-bond acceptors (Lipinski definition) is 6. The minimum atomic E-state index is -1.01. The van der Waals surface area contributed by atoms with Gasteiger partial charge >= 0.3 is 0 Å². The summed E-state index contributed by atoms with van der Waals surface area (Å²) >= 11 is 0. The van der Waals surface area contributed by atoms with Crippen LogP contribution >= 0.6 is 0 Å². The molecule has 126 valence electrons. The third-order valence-electron chi connectivity index (χ3n) is 3.58. The monoisotopic (exact) mass is 311 g/mol. The van der Waals surface area contributed by atoms with Crippen LogP contribution in [0.2, 0.25) is 0 Å². The number of allylic oxidation sites excluding steroid dienone is 1. The molecule has 1 fully saturated rings. The highest BCUT2D eigenvalue weighted by Gasteiger charge is 2.31. The number of ether oxygens (including phenoxy) is 1. The molecule has 1 rings (SSSR count). The summed E-state index contributed by atoms with van der Waals surface area (Å²) in [4.78, 5) is 6.48. The van der Waals surface area contributed by atoms with Crippen LogP contribution in [0.25, 0.3) is 0 Å². The molecule has 1 saturated heterocycles. The van der Waals surface area contributed by atoms with Gasteiger partial charge in [0.25, 0.3) is 0 Å². The zero-order chi connectivity index (χ0) is 17.2. The minimum Gasteiger partial charge on any atom is -0.405 e. The summed E-state index contributed by atoms with van der Waals surface area (Å²) in [7, 11) is 5.45. The predicted molar refractivity (Wildman–Crippen MR) is 91.2 cm³/mol. The normalized spacial score (nSPS) is 18.2. The zero-order valence-corrected chi connectivity index (χ0v) is 14.2. The highest BCUT2D eigenvalue weighted by atomic mass is 16.5. The fourth-order valence-electron chi connectivity index (χ4n) is 1.24. The standard InChI is InChI=1S/C9H16BN3O.C6H14O2/c10-9(7-11)8-12-1-2-13-3-5-14-6-4-13;1-5(2,7)6(3,4)8/h7-8H,1-6,11H2;7-8H,1-4H3/b9-7+,12-8?;. The number of aliphatic imine (C=N–C) groups is 1. The maximum absolute atomic E-state index is 9.10. The maximum Gasteiger partial charge on any atom is 0.117 e. The van der Waals surface area contributed by atoms with Crippen LogP contribution in [0.1, 0.15) is 27.7 Å². The summed E-state index contributed by atoms with van der Waals surface area (Å²) in [6, 6.07) is 0. The third kappa shape index (κ3) is 9.94. The first-order valence-electron chi connectivity index (χ1n) is 7.50. The summed E-state index contributed by atoms with van der Waals surface area (Å²) < 4.78 is 5.24. The van der Waals surface area contributed by atoms with Gasteiger partial charge in [-0.05, 0) is 33.9 Å². The molecular formula is C15H30BN3O3. The lowest BCUT2D eigenvalue weighted by molar-refractivity contribution is -0.107. The van der Waals surface area contributed by atoms with E-state index in [2.05, 4.69) is 9.89 Å². The Hall–Kier alpha value is -0.885. The molecule has 2 radical (unpaired) electrons. The van der Waals surface area contributed by atoms with Crippen molar-refractivity contribution in [3.8, 4) is 0 Å². The first-order valence-corrected chi connectivity index (χ1v) is 7.50. The smallest absolute Gasteiger partial charge is 0.117 e. The van der Waals surface area contributed by atoms with Crippen molar-refractivity contribution in [2.24, 2.45) is 10.7 Å². The SMILES string of the molecule is CC(C)(O)C(C)(C)O.[B]/C(C=NCCN1CCOCC1)=C/N. The number of morpholine rings is 1. The average molecular weight is 311 g/mol. The lowest BCUT2D eigenvalue weighted by atomic mass is 9.90. The molecule has 0 aromatic carbocycles. The Balaban J connectivity index is 0.000000472. The first kappa shape index (κ1) is 21.1. The molecule has 22 heavy (non-hydrogen) atoms. The van der Waals surface area contributed by atoms with Crippen LogP contribution in [0.15, 0.2) is 16.7 Å². The number of nitrogens with two attached hydrogens (primary N) is 1. The van der Waals surface area contributed by atoms with E-state index in [0.29, 0.717) is 5.47 Å². The molecule has 1 aliphatic rings. The lowest BCUT2D eigenvalue weighted by Gasteiger charge is -2.31. The molecule has 6 nitrogen and oxygen atoms in total.